The number of β-lactam (4-membered cyclic amide) rings is 1. The molecule has 3 aromatic heterocycles. The first kappa shape index (κ1) is 30.8. The third-order valence-electron chi connectivity index (χ3n) is 6.72. The van der Waals surface area contributed by atoms with Gasteiger partial charge in [-0.25, -0.2) is 9.78 Å². The molecule has 0 aliphatic carbocycles. The number of thiazole rings is 1. The first-order chi connectivity index (χ1) is 20.9. The number of oxime groups is 1. The lowest BCUT2D eigenvalue weighted by Gasteiger charge is -2.50. The Hall–Kier alpha value is -4.68. The van der Waals surface area contributed by atoms with Gasteiger partial charge in [0.1, 0.15) is 33.5 Å². The number of hydrogen-bond donors (Lipinski definition) is 4. The molecule has 2 aliphatic rings. The topological polar surface area (TPSA) is 239 Å². The Bertz CT molecular complexity index is 1790. The fraction of sp³-hybridized carbons (Fsp3) is 0.280. The summed E-state index contributed by atoms with van der Waals surface area (Å²) in [5.74, 6) is -4.94. The van der Waals surface area contributed by atoms with Gasteiger partial charge in [0.05, 0.1) is 11.7 Å². The fourth-order valence-corrected chi connectivity index (χ4v) is 6.96. The van der Waals surface area contributed by atoms with Gasteiger partial charge in [-0.05, 0) is 13.0 Å². The van der Waals surface area contributed by atoms with E-state index in [0.717, 1.165) is 16.2 Å². The molecular formula is C25H23ClN8O8S2. The van der Waals surface area contributed by atoms with Crippen molar-refractivity contribution in [1.29, 1.82) is 0 Å². The Morgan fingerprint density at radius 1 is 1.36 bits per heavy atom. The number of aliphatic carboxylic acids is 2. The van der Waals surface area contributed by atoms with Gasteiger partial charge in [0.25, 0.3) is 11.8 Å². The van der Waals surface area contributed by atoms with E-state index in [0.29, 0.717) is 16.6 Å². The summed E-state index contributed by atoms with van der Waals surface area (Å²) in [5, 5.41) is 26.7. The number of anilines is 1. The van der Waals surface area contributed by atoms with E-state index in [1.807, 2.05) is 0 Å². The molecule has 3 amide bonds. The first-order valence-corrected chi connectivity index (χ1v) is 14.9. The largest absolute Gasteiger partial charge is 0.543 e. The molecule has 0 saturated carbocycles. The Morgan fingerprint density at radius 2 is 2.11 bits per heavy atom. The number of aromatic nitrogens is 3. The van der Waals surface area contributed by atoms with Crippen LogP contribution < -0.4 is 26.5 Å². The molecule has 0 bridgehead atoms. The molecule has 0 aromatic carbocycles. The summed E-state index contributed by atoms with van der Waals surface area (Å²) < 4.78 is 3.42. The predicted molar refractivity (Wildman–Crippen MR) is 155 cm³/mol. The van der Waals surface area contributed by atoms with Crippen molar-refractivity contribution < 1.29 is 43.6 Å². The molecule has 3 atom stereocenters. The number of nitrogen functional groups attached to an aromatic ring is 1. The van der Waals surface area contributed by atoms with Crippen LogP contribution in [-0.2, 0) is 41.9 Å². The van der Waals surface area contributed by atoms with Crippen molar-refractivity contribution in [2.75, 3.05) is 11.5 Å². The third-order valence-corrected chi connectivity index (χ3v) is 9.14. The summed E-state index contributed by atoms with van der Waals surface area (Å²) in [6.45, 7) is 1.25. The first-order valence-electron chi connectivity index (χ1n) is 12.7. The molecule has 0 spiro atoms. The maximum absolute atomic E-state index is 13.3. The van der Waals surface area contributed by atoms with E-state index >= 15 is 0 Å². The van der Waals surface area contributed by atoms with Crippen molar-refractivity contribution in [3.8, 4) is 0 Å². The maximum Gasteiger partial charge on any atom is 0.347 e. The summed E-state index contributed by atoms with van der Waals surface area (Å²) in [7, 11) is 0. The summed E-state index contributed by atoms with van der Waals surface area (Å²) in [6, 6.07) is 4.12. The Labute approximate surface area is 260 Å². The van der Waals surface area contributed by atoms with Crippen molar-refractivity contribution in [3.63, 3.8) is 0 Å². The minimum atomic E-state index is -1.56. The second-order valence-corrected chi connectivity index (χ2v) is 12.4. The highest BCUT2D eigenvalue weighted by molar-refractivity contribution is 8.00. The number of carboxylic acids is 2. The quantitative estimate of drug-likeness (QED) is 0.0789. The number of carbonyl (C=O) groups excluding carboxylic acids is 4. The molecule has 2 aliphatic heterocycles. The number of thioether (sulfide) groups is 1. The van der Waals surface area contributed by atoms with Crippen LogP contribution in [0.2, 0.25) is 4.34 Å². The number of hydrogen-bond acceptors (Lipinski definition) is 12. The van der Waals surface area contributed by atoms with E-state index in [2.05, 4.69) is 15.5 Å². The molecule has 6 N–H and O–H groups in total. The average molecular weight is 663 g/mol. The summed E-state index contributed by atoms with van der Waals surface area (Å²) >= 11 is 8.21. The number of carbonyl (C=O) groups is 5. The molecular weight excluding hydrogens is 640 g/mol. The molecule has 1 saturated heterocycles. The lowest BCUT2D eigenvalue weighted by Crippen LogP contribution is -2.71. The van der Waals surface area contributed by atoms with Crippen molar-refractivity contribution in [1.82, 2.24) is 19.8 Å². The number of amides is 3. The zero-order valence-electron chi connectivity index (χ0n) is 22.6. The van der Waals surface area contributed by atoms with Gasteiger partial charge in [-0.2, -0.15) is 4.57 Å². The van der Waals surface area contributed by atoms with Crippen molar-refractivity contribution >= 4 is 86.2 Å². The standard InChI is InChI=1S/C25H23ClN8O8S2/c1-10(23(38)39)42-31-16(15-19(26)44-25(28)30-15)20(36)29-17-21(37)34-18(24(40)41)11(9-43-22(17)34)7-32-5-2-3-12-13(32)4-6-33(12)8-14(27)35/h2-6,10,17,22H,7-9H2,1H3,(H6-,27,28,29,30,35,36,38,39,40,41)/b31-16-/t10-,17+,22+/m0/s1. The summed E-state index contributed by atoms with van der Waals surface area (Å²) in [5.41, 5.74) is 11.8. The number of nitrogens with two attached hydrogens (primary N) is 2. The average Bonchev–Trinajstić information content (AvgIpc) is 3.52. The van der Waals surface area contributed by atoms with E-state index in [9.17, 15) is 29.1 Å². The Kier molecular flexibility index (Phi) is 8.49. The highest BCUT2D eigenvalue weighted by Gasteiger charge is 2.53. The van der Waals surface area contributed by atoms with Gasteiger partial charge in [-0.15, -0.1) is 11.8 Å². The van der Waals surface area contributed by atoms with Crippen LogP contribution in [0, 0.1) is 0 Å². The molecule has 44 heavy (non-hydrogen) atoms. The van der Waals surface area contributed by atoms with Crippen LogP contribution in [0.4, 0.5) is 5.13 Å². The summed E-state index contributed by atoms with van der Waals surface area (Å²) in [6.07, 6.45) is 2.00. The highest BCUT2D eigenvalue weighted by Crippen LogP contribution is 2.40. The molecule has 0 radical (unpaired) electrons. The van der Waals surface area contributed by atoms with Gasteiger partial charge in [0.15, 0.2) is 23.6 Å². The number of halogens is 1. The second kappa shape index (κ2) is 12.1. The molecule has 0 unspecified atom stereocenters. The number of primary amides is 1. The van der Waals surface area contributed by atoms with Crippen LogP contribution in [0.15, 0.2) is 47.0 Å². The van der Waals surface area contributed by atoms with Gasteiger partial charge in [-0.3, -0.25) is 19.3 Å². The molecule has 5 heterocycles. The molecule has 19 heteroatoms. The summed E-state index contributed by atoms with van der Waals surface area (Å²) in [4.78, 5) is 71.4. The molecule has 230 valence electrons. The molecule has 3 aromatic rings. The zero-order valence-corrected chi connectivity index (χ0v) is 25.0. The molecule has 16 nitrogen and oxygen atoms in total. The van der Waals surface area contributed by atoms with Crippen LogP contribution in [-0.4, -0.2) is 78.2 Å². The van der Waals surface area contributed by atoms with Crippen LogP contribution in [0.1, 0.15) is 12.6 Å². The molecule has 1 fully saturated rings. The van der Waals surface area contributed by atoms with Gasteiger partial charge in [-0.1, -0.05) is 28.1 Å². The lowest BCUT2D eigenvalue weighted by atomic mass is 10.0. The van der Waals surface area contributed by atoms with Gasteiger partial charge >= 0.3 is 5.97 Å². The van der Waals surface area contributed by atoms with E-state index in [1.165, 1.54) is 18.7 Å². The van der Waals surface area contributed by atoms with E-state index in [1.54, 1.807) is 39.7 Å². The van der Waals surface area contributed by atoms with Crippen LogP contribution in [0.5, 0.6) is 0 Å². The number of pyridine rings is 1. The number of rotatable bonds is 11. The number of carboxylic acid groups (broad SMARTS) is 2. The van der Waals surface area contributed by atoms with Crippen molar-refractivity contribution in [2.45, 2.75) is 37.5 Å². The normalized spacial score (nSPS) is 18.9. The molecule has 5 rings (SSSR count). The van der Waals surface area contributed by atoms with Crippen LogP contribution in [0.25, 0.3) is 11.0 Å². The minimum absolute atomic E-state index is 0.000205. The highest BCUT2D eigenvalue weighted by atomic mass is 35.5. The second-order valence-electron chi connectivity index (χ2n) is 9.62. The Balaban J connectivity index is 1.39. The third kappa shape index (κ3) is 5.78. The van der Waals surface area contributed by atoms with Gasteiger partial charge in [0.2, 0.25) is 17.5 Å². The fourth-order valence-electron chi connectivity index (χ4n) is 4.70. The SMILES string of the molecule is C[C@H](O/N=C(\C(=O)N[C@@H]1C(=O)N2C(C(=O)[O-])=C(C[n+]3cccc4c3ccn4CC(N)=O)CS[C@H]12)c1nc(N)sc1Cl)C(=O)O. The van der Waals surface area contributed by atoms with Gasteiger partial charge in [0, 0.05) is 29.7 Å². The number of nitrogens with one attached hydrogen (secondary N) is 1. The van der Waals surface area contributed by atoms with E-state index in [-0.39, 0.29) is 39.7 Å². The number of fused-ring (bicyclic) bond motifs is 2. The van der Waals surface area contributed by atoms with Crippen LogP contribution >= 0.6 is 34.7 Å². The number of nitrogens with zero attached hydrogens (tertiary/aromatic N) is 5. The van der Waals surface area contributed by atoms with Crippen molar-refractivity contribution in [3.05, 3.63) is 51.9 Å². The maximum atomic E-state index is 13.3. The zero-order chi connectivity index (χ0) is 31.9. The van der Waals surface area contributed by atoms with E-state index in [4.69, 9.17) is 33.0 Å². The van der Waals surface area contributed by atoms with Crippen LogP contribution in [0.3, 0.4) is 0 Å². The predicted octanol–water partition coefficient (Wildman–Crippen LogP) is -1.60. The minimum Gasteiger partial charge on any atom is -0.543 e. The van der Waals surface area contributed by atoms with Crippen molar-refractivity contribution in [2.24, 2.45) is 10.9 Å². The lowest BCUT2D eigenvalue weighted by molar-refractivity contribution is -0.663. The Morgan fingerprint density at radius 3 is 2.75 bits per heavy atom. The van der Waals surface area contributed by atoms with Gasteiger partial charge < -0.3 is 41.2 Å². The monoisotopic (exact) mass is 662 g/mol. The smallest absolute Gasteiger partial charge is 0.347 e. The van der Waals surface area contributed by atoms with E-state index < -0.39 is 52.9 Å².